The number of aryl methyl sites for hydroxylation is 2. The number of rotatable bonds is 4. The average molecular weight is 257 g/mol. The smallest absolute Gasteiger partial charge is 0.132 e. The van der Waals surface area contributed by atoms with Gasteiger partial charge in [0.15, 0.2) is 0 Å². The highest BCUT2D eigenvalue weighted by atomic mass is 15.2. The Morgan fingerprint density at radius 2 is 2.05 bits per heavy atom. The van der Waals surface area contributed by atoms with Crippen LogP contribution >= 0.6 is 0 Å². The normalized spacial score (nSPS) is 10.5. The first-order valence-electron chi connectivity index (χ1n) is 6.34. The van der Waals surface area contributed by atoms with Crippen LogP contribution < -0.4 is 10.6 Å². The van der Waals surface area contributed by atoms with Gasteiger partial charge in [0.2, 0.25) is 0 Å². The Morgan fingerprint density at radius 1 is 1.26 bits per heavy atom. The third kappa shape index (κ3) is 3.40. The fourth-order valence-corrected chi connectivity index (χ4v) is 1.87. The molecule has 0 amide bonds. The van der Waals surface area contributed by atoms with Crippen molar-refractivity contribution < 1.29 is 0 Å². The zero-order chi connectivity index (χ0) is 13.8. The van der Waals surface area contributed by atoms with Crippen LogP contribution in [0.2, 0.25) is 0 Å². The van der Waals surface area contributed by atoms with Crippen LogP contribution in [0.4, 0.5) is 11.6 Å². The van der Waals surface area contributed by atoms with Crippen molar-refractivity contribution in [3.63, 3.8) is 0 Å². The minimum atomic E-state index is 0.539. The molecule has 5 nitrogen and oxygen atoms in total. The first-order valence-corrected chi connectivity index (χ1v) is 6.34. The number of hydrogen-bond acceptors (Lipinski definition) is 5. The Morgan fingerprint density at radius 3 is 2.68 bits per heavy atom. The van der Waals surface area contributed by atoms with Gasteiger partial charge in [-0.15, -0.1) is 0 Å². The topological polar surface area (TPSA) is 67.9 Å². The molecule has 5 heteroatoms. The number of nitrogens with two attached hydrogens (primary N) is 1. The first-order chi connectivity index (χ1) is 9.08. The van der Waals surface area contributed by atoms with Crippen molar-refractivity contribution in [3.05, 3.63) is 41.5 Å². The van der Waals surface area contributed by atoms with E-state index in [1.165, 1.54) is 0 Å². The van der Waals surface area contributed by atoms with Gasteiger partial charge in [-0.25, -0.2) is 15.0 Å². The quantitative estimate of drug-likeness (QED) is 0.906. The summed E-state index contributed by atoms with van der Waals surface area (Å²) in [6.45, 7) is 4.75. The summed E-state index contributed by atoms with van der Waals surface area (Å²) in [5, 5.41) is 0. The van der Waals surface area contributed by atoms with Gasteiger partial charge in [-0.2, -0.15) is 0 Å². The molecule has 0 saturated carbocycles. The number of anilines is 2. The van der Waals surface area contributed by atoms with Crippen LogP contribution in [0.25, 0.3) is 0 Å². The molecule has 0 fully saturated rings. The van der Waals surface area contributed by atoms with E-state index >= 15 is 0 Å². The molecule has 2 N–H and O–H groups in total. The van der Waals surface area contributed by atoms with Crippen molar-refractivity contribution in [1.29, 1.82) is 0 Å². The van der Waals surface area contributed by atoms with Gasteiger partial charge >= 0.3 is 0 Å². The second kappa shape index (κ2) is 5.65. The molecule has 0 aromatic carbocycles. The number of nitrogens with zero attached hydrogens (tertiary/aromatic N) is 4. The maximum atomic E-state index is 5.58. The minimum Gasteiger partial charge on any atom is -0.384 e. The second-order valence-electron chi connectivity index (χ2n) is 4.57. The molecule has 2 heterocycles. The summed E-state index contributed by atoms with van der Waals surface area (Å²) in [6, 6.07) is 5.82. The Bertz CT molecular complexity index is 550. The van der Waals surface area contributed by atoms with Crippen LogP contribution in [0.5, 0.6) is 0 Å². The van der Waals surface area contributed by atoms with Gasteiger partial charge in [-0.1, -0.05) is 13.0 Å². The summed E-state index contributed by atoms with van der Waals surface area (Å²) in [6.07, 6.45) is 2.70. The minimum absolute atomic E-state index is 0.539. The highest BCUT2D eigenvalue weighted by molar-refractivity contribution is 5.40. The highest BCUT2D eigenvalue weighted by Crippen LogP contribution is 2.14. The van der Waals surface area contributed by atoms with Crippen molar-refractivity contribution >= 4 is 11.6 Å². The van der Waals surface area contributed by atoms with Gasteiger partial charge < -0.3 is 10.6 Å². The van der Waals surface area contributed by atoms with E-state index in [9.17, 15) is 0 Å². The lowest BCUT2D eigenvalue weighted by Crippen LogP contribution is -2.19. The lowest BCUT2D eigenvalue weighted by atomic mass is 10.2. The summed E-state index contributed by atoms with van der Waals surface area (Å²) in [7, 11) is 2.01. The number of aromatic nitrogens is 3. The van der Waals surface area contributed by atoms with Crippen LogP contribution in [0.1, 0.15) is 24.0 Å². The molecule has 0 unspecified atom stereocenters. The van der Waals surface area contributed by atoms with E-state index < -0.39 is 0 Å². The van der Waals surface area contributed by atoms with Crippen molar-refractivity contribution in [2.75, 3.05) is 17.7 Å². The molecule has 2 aromatic heterocycles. The number of pyridine rings is 1. The van der Waals surface area contributed by atoms with Crippen LogP contribution in [0.3, 0.4) is 0 Å². The zero-order valence-electron chi connectivity index (χ0n) is 11.6. The summed E-state index contributed by atoms with van der Waals surface area (Å²) in [4.78, 5) is 15.0. The summed E-state index contributed by atoms with van der Waals surface area (Å²) in [5.74, 6) is 2.27. The molecule has 0 aliphatic rings. The average Bonchev–Trinajstić information content (AvgIpc) is 2.40. The van der Waals surface area contributed by atoms with Crippen LogP contribution in [-0.4, -0.2) is 22.0 Å². The monoisotopic (exact) mass is 257 g/mol. The predicted molar refractivity (Wildman–Crippen MR) is 76.9 cm³/mol. The van der Waals surface area contributed by atoms with Gasteiger partial charge in [0.05, 0.1) is 0 Å². The molecule has 0 radical (unpaired) electrons. The molecular formula is C14H19N5. The Balaban J connectivity index is 2.17. The maximum Gasteiger partial charge on any atom is 0.132 e. The Hall–Kier alpha value is -2.17. The molecule has 0 spiro atoms. The molecule has 2 rings (SSSR count). The molecule has 0 aliphatic carbocycles. The fourth-order valence-electron chi connectivity index (χ4n) is 1.87. The number of nitrogen functional groups attached to an aromatic ring is 1. The van der Waals surface area contributed by atoms with Gasteiger partial charge in [0, 0.05) is 31.5 Å². The van der Waals surface area contributed by atoms with Crippen molar-refractivity contribution in [2.24, 2.45) is 0 Å². The molecule has 0 bridgehead atoms. The molecule has 19 heavy (non-hydrogen) atoms. The third-order valence-corrected chi connectivity index (χ3v) is 2.90. The van der Waals surface area contributed by atoms with E-state index in [1.807, 2.05) is 32.2 Å². The largest absolute Gasteiger partial charge is 0.384 e. The van der Waals surface area contributed by atoms with E-state index in [-0.39, 0.29) is 0 Å². The zero-order valence-corrected chi connectivity index (χ0v) is 11.6. The fraction of sp³-hybridized carbons (Fsp3) is 0.357. The van der Waals surface area contributed by atoms with Gasteiger partial charge in [0.25, 0.3) is 0 Å². The molecule has 0 atom stereocenters. The lowest BCUT2D eigenvalue weighted by Gasteiger charge is -2.19. The van der Waals surface area contributed by atoms with Crippen LogP contribution in [0.15, 0.2) is 24.4 Å². The third-order valence-electron chi connectivity index (χ3n) is 2.90. The molecular weight excluding hydrogens is 238 g/mol. The summed E-state index contributed by atoms with van der Waals surface area (Å²) < 4.78 is 0. The molecule has 0 saturated heterocycles. The molecule has 100 valence electrons. The number of hydrogen-bond donors (Lipinski definition) is 1. The summed E-state index contributed by atoms with van der Waals surface area (Å²) >= 11 is 0. The van der Waals surface area contributed by atoms with Gasteiger partial charge in [-0.3, -0.25) is 0 Å². The SMILES string of the molecule is CCc1cc(N(C)Cc2ccc(N)nc2)nc(C)n1. The van der Waals surface area contributed by atoms with E-state index in [0.717, 1.165) is 35.9 Å². The molecule has 0 aliphatic heterocycles. The maximum absolute atomic E-state index is 5.58. The molecule has 2 aromatic rings. The van der Waals surface area contributed by atoms with Crippen LogP contribution in [-0.2, 0) is 13.0 Å². The lowest BCUT2D eigenvalue weighted by molar-refractivity contribution is 0.858. The van der Waals surface area contributed by atoms with E-state index in [1.54, 1.807) is 6.20 Å². The predicted octanol–water partition coefficient (Wildman–Crippen LogP) is 1.96. The summed E-state index contributed by atoms with van der Waals surface area (Å²) in [5.41, 5.74) is 7.74. The van der Waals surface area contributed by atoms with Crippen LogP contribution in [0, 0.1) is 6.92 Å². The Kier molecular flexibility index (Phi) is 3.94. The van der Waals surface area contributed by atoms with Crippen molar-refractivity contribution in [3.8, 4) is 0 Å². The highest BCUT2D eigenvalue weighted by Gasteiger charge is 2.07. The van der Waals surface area contributed by atoms with Crippen molar-refractivity contribution in [2.45, 2.75) is 26.8 Å². The first kappa shape index (κ1) is 13.3. The van der Waals surface area contributed by atoms with Crippen molar-refractivity contribution in [1.82, 2.24) is 15.0 Å². The van der Waals surface area contributed by atoms with E-state index in [2.05, 4.69) is 26.8 Å². The van der Waals surface area contributed by atoms with Gasteiger partial charge in [-0.05, 0) is 25.0 Å². The standard InChI is InChI=1S/C14H19N5/c1-4-12-7-14(18-10(2)17-12)19(3)9-11-5-6-13(15)16-8-11/h5-8H,4,9H2,1-3H3,(H2,15,16). The van der Waals surface area contributed by atoms with E-state index in [4.69, 9.17) is 5.73 Å². The van der Waals surface area contributed by atoms with E-state index in [0.29, 0.717) is 5.82 Å². The Labute approximate surface area is 113 Å². The second-order valence-corrected chi connectivity index (χ2v) is 4.57. The van der Waals surface area contributed by atoms with Gasteiger partial charge in [0.1, 0.15) is 17.5 Å².